The quantitative estimate of drug-likeness (QED) is 0.805. The van der Waals surface area contributed by atoms with Crippen molar-refractivity contribution >= 4 is 34.1 Å². The molecule has 5 nitrogen and oxygen atoms in total. The molecule has 7 heteroatoms. The van der Waals surface area contributed by atoms with Crippen molar-refractivity contribution in [3.8, 4) is 0 Å². The molecule has 1 aromatic carbocycles. The average molecular weight is 411 g/mol. The van der Waals surface area contributed by atoms with Gasteiger partial charge < -0.3 is 5.32 Å². The molecule has 0 amide bonds. The summed E-state index contributed by atoms with van der Waals surface area (Å²) in [5, 5.41) is 4.83. The van der Waals surface area contributed by atoms with Crippen molar-refractivity contribution in [2.24, 2.45) is 5.92 Å². The summed E-state index contributed by atoms with van der Waals surface area (Å²) in [6.45, 7) is 10.9. The normalized spacial score (nSPS) is 20.0. The van der Waals surface area contributed by atoms with Crippen molar-refractivity contribution in [2.45, 2.75) is 46.2 Å². The van der Waals surface area contributed by atoms with Crippen LogP contribution < -0.4 is 10.9 Å². The summed E-state index contributed by atoms with van der Waals surface area (Å²) in [5.74, 6) is 1.40. The van der Waals surface area contributed by atoms with Gasteiger partial charge in [-0.2, -0.15) is 0 Å². The van der Waals surface area contributed by atoms with Crippen molar-refractivity contribution in [1.29, 1.82) is 0 Å². The van der Waals surface area contributed by atoms with E-state index in [4.69, 9.17) is 28.2 Å². The molecule has 0 unspecified atom stereocenters. The van der Waals surface area contributed by atoms with Gasteiger partial charge in [0, 0.05) is 26.2 Å². The molecule has 148 valence electrons. The number of rotatable bonds is 5. The zero-order valence-electron chi connectivity index (χ0n) is 16.3. The van der Waals surface area contributed by atoms with Crippen molar-refractivity contribution in [2.75, 3.05) is 26.2 Å². The molecule has 1 N–H and O–H groups in total. The van der Waals surface area contributed by atoms with Crippen LogP contribution in [0.25, 0.3) is 10.9 Å². The number of nitrogens with zero attached hydrogens (tertiary/aromatic N) is 3. The van der Waals surface area contributed by atoms with Crippen molar-refractivity contribution in [3.63, 3.8) is 0 Å². The number of hydrogen-bond donors (Lipinski definition) is 1. The topological polar surface area (TPSA) is 50.2 Å². The lowest BCUT2D eigenvalue weighted by atomic mass is 10.1. The van der Waals surface area contributed by atoms with Crippen LogP contribution in [-0.2, 0) is 6.54 Å². The SMILES string of the molecule is CCC[C@H](c1nc2cc(Cl)c(Cl)cc2c(=O)n1CC)N1CCNC[C@@H](C)C1. The van der Waals surface area contributed by atoms with Crippen LogP contribution in [0.3, 0.4) is 0 Å². The Morgan fingerprint density at radius 1 is 1.30 bits per heavy atom. The van der Waals surface area contributed by atoms with Crippen LogP contribution in [0.2, 0.25) is 10.0 Å². The summed E-state index contributed by atoms with van der Waals surface area (Å²) in [6, 6.07) is 3.46. The Morgan fingerprint density at radius 2 is 2.04 bits per heavy atom. The molecule has 0 radical (unpaired) electrons. The molecule has 1 aliphatic heterocycles. The van der Waals surface area contributed by atoms with E-state index in [9.17, 15) is 4.79 Å². The van der Waals surface area contributed by atoms with E-state index in [0.717, 1.165) is 44.8 Å². The zero-order chi connectivity index (χ0) is 19.6. The average Bonchev–Trinajstić information content (AvgIpc) is 2.85. The first kappa shape index (κ1) is 20.6. The van der Waals surface area contributed by atoms with Crippen LogP contribution >= 0.6 is 23.2 Å². The van der Waals surface area contributed by atoms with Gasteiger partial charge in [0.15, 0.2) is 0 Å². The molecule has 27 heavy (non-hydrogen) atoms. The summed E-state index contributed by atoms with van der Waals surface area (Å²) >= 11 is 12.3. The Balaban J connectivity index is 2.16. The number of nitrogens with one attached hydrogen (secondary N) is 1. The standard InChI is InChI=1S/C20H28Cl2N4O/c1-4-6-18(25-8-7-23-11-13(3)12-25)19-24-17-10-16(22)15(21)9-14(17)20(27)26(19)5-2/h9-10,13,18,23H,4-8,11-12H2,1-3H3/t13-,18-/m1/s1. The third kappa shape index (κ3) is 4.32. The molecule has 1 aromatic heterocycles. The fourth-order valence-electron chi connectivity index (χ4n) is 3.95. The first-order valence-corrected chi connectivity index (χ1v) is 10.6. The monoisotopic (exact) mass is 410 g/mol. The van der Waals surface area contributed by atoms with E-state index in [1.54, 1.807) is 16.7 Å². The summed E-state index contributed by atoms with van der Waals surface area (Å²) in [6.07, 6.45) is 1.99. The van der Waals surface area contributed by atoms with Gasteiger partial charge in [-0.1, -0.05) is 43.5 Å². The van der Waals surface area contributed by atoms with E-state index in [-0.39, 0.29) is 11.6 Å². The lowest BCUT2D eigenvalue weighted by molar-refractivity contribution is 0.169. The molecule has 3 rings (SSSR count). The summed E-state index contributed by atoms with van der Waals surface area (Å²) in [5.41, 5.74) is 0.578. The predicted molar refractivity (Wildman–Crippen MR) is 113 cm³/mol. The third-order valence-electron chi connectivity index (χ3n) is 5.26. The Bertz CT molecular complexity index is 867. The molecule has 0 bridgehead atoms. The summed E-state index contributed by atoms with van der Waals surface area (Å²) < 4.78 is 1.80. The number of fused-ring (bicyclic) bond motifs is 1. The third-order valence-corrected chi connectivity index (χ3v) is 5.98. The van der Waals surface area contributed by atoms with Crippen LogP contribution in [0.5, 0.6) is 0 Å². The highest BCUT2D eigenvalue weighted by atomic mass is 35.5. The van der Waals surface area contributed by atoms with Crippen LogP contribution in [0, 0.1) is 5.92 Å². The minimum atomic E-state index is -0.0434. The van der Waals surface area contributed by atoms with Gasteiger partial charge in [0.25, 0.3) is 5.56 Å². The second-order valence-electron chi connectivity index (χ2n) is 7.41. The molecule has 2 aromatic rings. The maximum Gasteiger partial charge on any atom is 0.261 e. The Labute approximate surface area is 170 Å². The Kier molecular flexibility index (Phi) is 6.79. The predicted octanol–water partition coefficient (Wildman–Crippen LogP) is 4.11. The number of aromatic nitrogens is 2. The molecular weight excluding hydrogens is 383 g/mol. The van der Waals surface area contributed by atoms with Crippen LogP contribution in [0.1, 0.15) is 45.5 Å². The first-order chi connectivity index (χ1) is 13.0. The Morgan fingerprint density at radius 3 is 2.74 bits per heavy atom. The molecule has 1 saturated heterocycles. The van der Waals surface area contributed by atoms with E-state index in [0.29, 0.717) is 33.4 Å². The van der Waals surface area contributed by atoms with Gasteiger partial charge in [-0.3, -0.25) is 14.3 Å². The first-order valence-electron chi connectivity index (χ1n) is 9.80. The lowest BCUT2D eigenvalue weighted by Crippen LogP contribution is -2.38. The highest BCUT2D eigenvalue weighted by Gasteiger charge is 2.27. The molecule has 2 heterocycles. The lowest BCUT2D eigenvalue weighted by Gasteiger charge is -2.32. The molecule has 0 saturated carbocycles. The fourth-order valence-corrected chi connectivity index (χ4v) is 4.27. The summed E-state index contributed by atoms with van der Waals surface area (Å²) in [7, 11) is 0. The molecule has 2 atom stereocenters. The number of halogens is 2. The Hall–Kier alpha value is -1.14. The fraction of sp³-hybridized carbons (Fsp3) is 0.600. The number of benzene rings is 1. The highest BCUT2D eigenvalue weighted by molar-refractivity contribution is 6.42. The second kappa shape index (κ2) is 8.91. The maximum absolute atomic E-state index is 13.2. The van der Waals surface area contributed by atoms with Gasteiger partial charge in [0.1, 0.15) is 5.82 Å². The van der Waals surface area contributed by atoms with E-state index < -0.39 is 0 Å². The van der Waals surface area contributed by atoms with E-state index in [1.165, 1.54) is 0 Å². The van der Waals surface area contributed by atoms with Gasteiger partial charge in [0.05, 0.1) is 27.0 Å². The van der Waals surface area contributed by atoms with Crippen molar-refractivity contribution in [3.05, 3.63) is 38.4 Å². The van der Waals surface area contributed by atoms with Crippen LogP contribution in [0.4, 0.5) is 0 Å². The molecule has 1 fully saturated rings. The van der Waals surface area contributed by atoms with Crippen LogP contribution in [0.15, 0.2) is 16.9 Å². The van der Waals surface area contributed by atoms with E-state index >= 15 is 0 Å². The highest BCUT2D eigenvalue weighted by Crippen LogP contribution is 2.29. The molecule has 0 spiro atoms. The van der Waals surface area contributed by atoms with Gasteiger partial charge in [-0.25, -0.2) is 4.98 Å². The smallest absolute Gasteiger partial charge is 0.261 e. The minimum Gasteiger partial charge on any atom is -0.315 e. The van der Waals surface area contributed by atoms with Gasteiger partial charge >= 0.3 is 0 Å². The number of hydrogen-bond acceptors (Lipinski definition) is 4. The zero-order valence-corrected chi connectivity index (χ0v) is 17.8. The molecule has 0 aliphatic carbocycles. The van der Waals surface area contributed by atoms with E-state index in [1.807, 2.05) is 6.92 Å². The van der Waals surface area contributed by atoms with Crippen molar-refractivity contribution in [1.82, 2.24) is 19.8 Å². The minimum absolute atomic E-state index is 0.0434. The van der Waals surface area contributed by atoms with Crippen LogP contribution in [-0.4, -0.2) is 40.6 Å². The van der Waals surface area contributed by atoms with Gasteiger partial charge in [0.2, 0.25) is 0 Å². The van der Waals surface area contributed by atoms with Gasteiger partial charge in [-0.05, 0) is 37.9 Å². The maximum atomic E-state index is 13.2. The van der Waals surface area contributed by atoms with Crippen molar-refractivity contribution < 1.29 is 0 Å². The van der Waals surface area contributed by atoms with E-state index in [2.05, 4.69) is 24.1 Å². The molecule has 1 aliphatic rings. The largest absolute Gasteiger partial charge is 0.315 e. The summed E-state index contributed by atoms with van der Waals surface area (Å²) in [4.78, 5) is 20.6. The van der Waals surface area contributed by atoms with Gasteiger partial charge in [-0.15, -0.1) is 0 Å². The second-order valence-corrected chi connectivity index (χ2v) is 8.23. The molecular formula is C20H28Cl2N4O.